The SMILES string of the molecule is CC1OCCC1N(C)C(CN)c1ccc(Cl)c(F)c1. The number of benzene rings is 1. The fourth-order valence-corrected chi connectivity index (χ4v) is 2.86. The number of halogens is 2. The molecule has 3 unspecified atom stereocenters. The Kier molecular flexibility index (Phi) is 4.79. The third-order valence-electron chi connectivity index (χ3n) is 3.90. The third kappa shape index (κ3) is 3.08. The molecule has 1 aromatic carbocycles. The lowest BCUT2D eigenvalue weighted by atomic mass is 10.0. The number of nitrogens with two attached hydrogens (primary N) is 1. The highest BCUT2D eigenvalue weighted by molar-refractivity contribution is 6.30. The van der Waals surface area contributed by atoms with Crippen LogP contribution in [0.25, 0.3) is 0 Å². The van der Waals surface area contributed by atoms with Crippen LogP contribution in [0.1, 0.15) is 24.9 Å². The van der Waals surface area contributed by atoms with Crippen molar-refractivity contribution >= 4 is 11.6 Å². The molecule has 0 aromatic heterocycles. The van der Waals surface area contributed by atoms with Crippen LogP contribution < -0.4 is 5.73 Å². The quantitative estimate of drug-likeness (QED) is 0.925. The van der Waals surface area contributed by atoms with E-state index in [1.165, 1.54) is 6.07 Å². The number of likely N-dealkylation sites (N-methyl/N-ethyl adjacent to an activating group) is 1. The van der Waals surface area contributed by atoms with Gasteiger partial charge in [0, 0.05) is 25.2 Å². The maximum atomic E-state index is 13.6. The molecule has 0 saturated carbocycles. The lowest BCUT2D eigenvalue weighted by Gasteiger charge is -2.34. The average Bonchev–Trinajstić information content (AvgIpc) is 2.80. The first kappa shape index (κ1) is 14.7. The van der Waals surface area contributed by atoms with Gasteiger partial charge in [-0.15, -0.1) is 0 Å². The molecule has 1 aliphatic heterocycles. The minimum absolute atomic E-state index is 0.0269. The third-order valence-corrected chi connectivity index (χ3v) is 4.21. The standard InChI is InChI=1S/C14H20ClFN2O/c1-9-13(5-6-19-9)18(2)14(8-17)10-3-4-11(15)12(16)7-10/h3-4,7,9,13-14H,5-6,8,17H2,1-2H3. The molecule has 1 aromatic rings. The number of rotatable bonds is 4. The Balaban J connectivity index is 2.20. The maximum Gasteiger partial charge on any atom is 0.142 e. The van der Waals surface area contributed by atoms with Crippen LogP contribution in [-0.2, 0) is 4.74 Å². The summed E-state index contributed by atoms with van der Waals surface area (Å²) in [5, 5.41) is 0.139. The largest absolute Gasteiger partial charge is 0.377 e. The molecule has 5 heteroatoms. The molecule has 19 heavy (non-hydrogen) atoms. The first-order valence-electron chi connectivity index (χ1n) is 6.53. The molecule has 1 saturated heterocycles. The second-order valence-electron chi connectivity index (χ2n) is 5.02. The molecule has 1 aliphatic rings. The highest BCUT2D eigenvalue weighted by atomic mass is 35.5. The molecule has 1 fully saturated rings. The van der Waals surface area contributed by atoms with E-state index in [9.17, 15) is 4.39 Å². The normalized spacial score (nSPS) is 24.9. The van der Waals surface area contributed by atoms with E-state index in [4.69, 9.17) is 22.1 Å². The molecule has 106 valence electrons. The summed E-state index contributed by atoms with van der Waals surface area (Å²) in [7, 11) is 2.01. The molecule has 3 atom stereocenters. The fourth-order valence-electron chi connectivity index (χ4n) is 2.74. The molecule has 0 radical (unpaired) electrons. The van der Waals surface area contributed by atoms with Crippen LogP contribution in [-0.4, -0.2) is 37.2 Å². The molecule has 3 nitrogen and oxygen atoms in total. The minimum Gasteiger partial charge on any atom is -0.377 e. The van der Waals surface area contributed by atoms with E-state index < -0.39 is 5.82 Å². The van der Waals surface area contributed by atoms with Crippen molar-refractivity contribution in [1.82, 2.24) is 4.90 Å². The van der Waals surface area contributed by atoms with Crippen molar-refractivity contribution in [2.45, 2.75) is 31.5 Å². The van der Waals surface area contributed by atoms with Gasteiger partial charge in [0.1, 0.15) is 5.82 Å². The van der Waals surface area contributed by atoms with Gasteiger partial charge in [0.2, 0.25) is 0 Å². The van der Waals surface area contributed by atoms with Crippen LogP contribution in [0.3, 0.4) is 0 Å². The van der Waals surface area contributed by atoms with E-state index in [0.717, 1.165) is 18.6 Å². The summed E-state index contributed by atoms with van der Waals surface area (Å²) in [4.78, 5) is 2.18. The van der Waals surface area contributed by atoms with Gasteiger partial charge in [-0.1, -0.05) is 17.7 Å². The van der Waals surface area contributed by atoms with Crippen LogP contribution in [0, 0.1) is 5.82 Å². The average molecular weight is 287 g/mol. The molecule has 0 amide bonds. The second-order valence-corrected chi connectivity index (χ2v) is 5.43. The highest BCUT2D eigenvalue weighted by Gasteiger charge is 2.32. The fraction of sp³-hybridized carbons (Fsp3) is 0.571. The minimum atomic E-state index is -0.401. The molecular formula is C14H20ClFN2O. The van der Waals surface area contributed by atoms with Crippen molar-refractivity contribution in [3.8, 4) is 0 Å². The number of hydrogen-bond acceptors (Lipinski definition) is 3. The summed E-state index contributed by atoms with van der Waals surface area (Å²) in [6, 6.07) is 5.17. The van der Waals surface area contributed by atoms with Gasteiger partial charge < -0.3 is 10.5 Å². The summed E-state index contributed by atoms with van der Waals surface area (Å²) in [5.74, 6) is -0.401. The first-order chi connectivity index (χ1) is 9.04. The van der Waals surface area contributed by atoms with Crippen molar-refractivity contribution in [2.24, 2.45) is 5.73 Å². The van der Waals surface area contributed by atoms with Crippen molar-refractivity contribution < 1.29 is 9.13 Å². The van der Waals surface area contributed by atoms with Gasteiger partial charge in [0.05, 0.1) is 11.1 Å². The van der Waals surface area contributed by atoms with Gasteiger partial charge in [0.25, 0.3) is 0 Å². The highest BCUT2D eigenvalue weighted by Crippen LogP contribution is 2.28. The molecule has 0 aliphatic carbocycles. The van der Waals surface area contributed by atoms with Crippen LogP contribution in [0.15, 0.2) is 18.2 Å². The van der Waals surface area contributed by atoms with Crippen LogP contribution in [0.5, 0.6) is 0 Å². The van der Waals surface area contributed by atoms with E-state index >= 15 is 0 Å². The Morgan fingerprint density at radius 3 is 2.84 bits per heavy atom. The predicted molar refractivity (Wildman–Crippen MR) is 74.8 cm³/mol. The molecule has 0 spiro atoms. The van der Waals surface area contributed by atoms with E-state index in [-0.39, 0.29) is 17.2 Å². The van der Waals surface area contributed by atoms with Crippen LogP contribution in [0.2, 0.25) is 5.02 Å². The monoisotopic (exact) mass is 286 g/mol. The topological polar surface area (TPSA) is 38.5 Å². The second kappa shape index (κ2) is 6.18. The van der Waals surface area contributed by atoms with Crippen molar-refractivity contribution in [1.29, 1.82) is 0 Å². The predicted octanol–water partition coefficient (Wildman–Crippen LogP) is 2.59. The van der Waals surface area contributed by atoms with E-state index in [0.29, 0.717) is 12.6 Å². The zero-order chi connectivity index (χ0) is 14.0. The Bertz CT molecular complexity index is 443. The van der Waals surface area contributed by atoms with Gasteiger partial charge in [-0.25, -0.2) is 4.39 Å². The van der Waals surface area contributed by atoms with Gasteiger partial charge in [-0.3, -0.25) is 4.90 Å². The lowest BCUT2D eigenvalue weighted by molar-refractivity contribution is 0.0685. The van der Waals surface area contributed by atoms with E-state index in [1.54, 1.807) is 6.07 Å². The van der Waals surface area contributed by atoms with Gasteiger partial charge in [-0.05, 0) is 38.1 Å². The van der Waals surface area contributed by atoms with Gasteiger partial charge >= 0.3 is 0 Å². The summed E-state index contributed by atoms with van der Waals surface area (Å²) in [6.07, 6.45) is 1.15. The summed E-state index contributed by atoms with van der Waals surface area (Å²) in [6.45, 7) is 3.26. The number of ether oxygens (including phenoxy) is 1. The van der Waals surface area contributed by atoms with Crippen molar-refractivity contribution in [3.05, 3.63) is 34.6 Å². The smallest absolute Gasteiger partial charge is 0.142 e. The Morgan fingerprint density at radius 1 is 1.58 bits per heavy atom. The van der Waals surface area contributed by atoms with E-state index in [1.807, 2.05) is 13.1 Å². The molecular weight excluding hydrogens is 267 g/mol. The van der Waals surface area contributed by atoms with Gasteiger partial charge in [0.15, 0.2) is 0 Å². The summed E-state index contributed by atoms with van der Waals surface area (Å²) >= 11 is 5.72. The van der Waals surface area contributed by atoms with Crippen molar-refractivity contribution in [2.75, 3.05) is 20.2 Å². The zero-order valence-electron chi connectivity index (χ0n) is 11.3. The molecule has 2 N–H and O–H groups in total. The Hall–Kier alpha value is -0.680. The van der Waals surface area contributed by atoms with Gasteiger partial charge in [-0.2, -0.15) is 0 Å². The summed E-state index contributed by atoms with van der Waals surface area (Å²) < 4.78 is 19.2. The zero-order valence-corrected chi connectivity index (χ0v) is 12.0. The Morgan fingerprint density at radius 2 is 2.32 bits per heavy atom. The lowest BCUT2D eigenvalue weighted by Crippen LogP contribution is -2.42. The van der Waals surface area contributed by atoms with Crippen LogP contribution >= 0.6 is 11.6 Å². The first-order valence-corrected chi connectivity index (χ1v) is 6.91. The molecule has 2 rings (SSSR count). The Labute approximate surface area is 118 Å². The van der Waals surface area contributed by atoms with Crippen LogP contribution in [0.4, 0.5) is 4.39 Å². The maximum absolute atomic E-state index is 13.6. The molecule has 0 bridgehead atoms. The summed E-state index contributed by atoms with van der Waals surface area (Å²) in [5.41, 5.74) is 6.72. The molecule has 1 heterocycles. The number of nitrogens with zero attached hydrogens (tertiary/aromatic N) is 1. The van der Waals surface area contributed by atoms with E-state index in [2.05, 4.69) is 11.8 Å². The van der Waals surface area contributed by atoms with Crippen molar-refractivity contribution in [3.63, 3.8) is 0 Å². The number of hydrogen-bond donors (Lipinski definition) is 1.